The Morgan fingerprint density at radius 3 is 2.66 bits per heavy atom. The number of alkyl halides is 2. The van der Waals surface area contributed by atoms with E-state index in [1.165, 1.54) is 12.1 Å². The Labute approximate surface area is 199 Å². The fraction of sp³-hybridized carbons (Fsp3) is 0.400. The molecule has 1 amide bonds. The van der Waals surface area contributed by atoms with Crippen LogP contribution in [0.5, 0.6) is 0 Å². The van der Waals surface area contributed by atoms with Gasteiger partial charge in [0.1, 0.15) is 11.6 Å². The van der Waals surface area contributed by atoms with Gasteiger partial charge in [-0.3, -0.25) is 4.79 Å². The van der Waals surface area contributed by atoms with E-state index in [9.17, 15) is 18.0 Å². The predicted molar refractivity (Wildman–Crippen MR) is 121 cm³/mol. The summed E-state index contributed by atoms with van der Waals surface area (Å²) in [6.07, 6.45) is 2.61. The summed E-state index contributed by atoms with van der Waals surface area (Å²) in [5.74, 6) is -1.52. The molecule has 1 N–H and O–H groups in total. The normalized spacial score (nSPS) is 18.3. The molecular weight excluding hydrogens is 461 g/mol. The number of amides is 1. The second-order valence-corrected chi connectivity index (χ2v) is 8.86. The Hall–Kier alpha value is -3.24. The van der Waals surface area contributed by atoms with Crippen molar-refractivity contribution < 1.29 is 27.4 Å². The number of nitrogens with one attached hydrogen (secondary N) is 1. The van der Waals surface area contributed by atoms with E-state index in [1.807, 2.05) is 6.08 Å². The van der Waals surface area contributed by atoms with Crippen molar-refractivity contribution >= 4 is 17.1 Å². The van der Waals surface area contributed by atoms with Crippen LogP contribution >= 0.6 is 0 Å². The minimum atomic E-state index is -2.94. The van der Waals surface area contributed by atoms with Crippen LogP contribution in [-0.4, -0.2) is 39.5 Å². The van der Waals surface area contributed by atoms with Crippen LogP contribution in [-0.2, 0) is 9.47 Å². The molecule has 0 radical (unpaired) electrons. The Bertz CT molecular complexity index is 1310. The smallest absolute Gasteiger partial charge is 0.266 e. The van der Waals surface area contributed by atoms with Gasteiger partial charge < -0.3 is 14.8 Å². The molecule has 1 aliphatic carbocycles. The second kappa shape index (κ2) is 9.09. The maximum absolute atomic E-state index is 14.6. The highest BCUT2D eigenvalue weighted by molar-refractivity contribution is 5.96. The number of nitrogens with zero attached hydrogens (tertiary/aromatic N) is 3. The molecule has 1 atom stereocenters. The van der Waals surface area contributed by atoms with Gasteiger partial charge in [0, 0.05) is 30.2 Å². The number of ether oxygens (including phenoxy) is 2. The van der Waals surface area contributed by atoms with Gasteiger partial charge in [-0.15, -0.1) is 0 Å². The molecule has 1 saturated heterocycles. The second-order valence-electron chi connectivity index (χ2n) is 8.86. The number of carbonyl (C=O) groups excluding carboxylic acids is 1. The van der Waals surface area contributed by atoms with Crippen molar-refractivity contribution in [3.8, 4) is 0 Å². The number of hydrogen-bond acceptors (Lipinski definition) is 5. The van der Waals surface area contributed by atoms with Gasteiger partial charge in [0.2, 0.25) is 0 Å². The number of fused-ring (bicyclic) bond motifs is 1. The number of allylic oxidation sites excluding steroid dienone is 1. The molecule has 1 aromatic carbocycles. The molecule has 0 unspecified atom stereocenters. The minimum Gasteiger partial charge on any atom is -0.347 e. The molecule has 2 aliphatic rings. The van der Waals surface area contributed by atoms with Gasteiger partial charge in [0.15, 0.2) is 11.4 Å². The first-order valence-corrected chi connectivity index (χ1v) is 11.5. The number of aryl methyl sites for hydroxylation is 1. The fourth-order valence-electron chi connectivity index (χ4n) is 4.69. The van der Waals surface area contributed by atoms with E-state index in [0.29, 0.717) is 49.5 Å². The Balaban J connectivity index is 1.45. The summed E-state index contributed by atoms with van der Waals surface area (Å²) in [4.78, 5) is 17.7. The van der Waals surface area contributed by atoms with Crippen LogP contribution in [0.2, 0.25) is 0 Å². The highest BCUT2D eigenvalue weighted by Crippen LogP contribution is 2.39. The fourth-order valence-corrected chi connectivity index (χ4v) is 4.69. The lowest BCUT2D eigenvalue weighted by atomic mass is 9.89. The van der Waals surface area contributed by atoms with Crippen molar-refractivity contribution in [2.24, 2.45) is 0 Å². The Morgan fingerprint density at radius 1 is 1.23 bits per heavy atom. The lowest BCUT2D eigenvalue weighted by Crippen LogP contribution is -2.31. The minimum absolute atomic E-state index is 0.00842. The molecule has 2 aromatic heterocycles. The lowest BCUT2D eigenvalue weighted by molar-refractivity contribution is -0.159. The van der Waals surface area contributed by atoms with E-state index in [4.69, 9.17) is 9.47 Å². The van der Waals surface area contributed by atoms with Crippen LogP contribution < -0.4 is 5.32 Å². The first kappa shape index (κ1) is 23.5. The van der Waals surface area contributed by atoms with Crippen molar-refractivity contribution in [1.29, 1.82) is 0 Å². The molecule has 3 heterocycles. The molecule has 1 fully saturated rings. The molecule has 184 valence electrons. The molecule has 0 bridgehead atoms. The lowest BCUT2D eigenvalue weighted by Gasteiger charge is -2.30. The number of aromatic nitrogens is 3. The molecule has 7 nitrogen and oxygen atoms in total. The van der Waals surface area contributed by atoms with Crippen LogP contribution in [0.25, 0.3) is 11.2 Å². The van der Waals surface area contributed by atoms with E-state index < -0.39 is 35.5 Å². The third kappa shape index (κ3) is 4.43. The monoisotopic (exact) mass is 486 g/mol. The number of halogens is 3. The van der Waals surface area contributed by atoms with Crippen molar-refractivity contribution in [3.63, 3.8) is 0 Å². The summed E-state index contributed by atoms with van der Waals surface area (Å²) < 4.78 is 53.9. The molecule has 35 heavy (non-hydrogen) atoms. The van der Waals surface area contributed by atoms with Gasteiger partial charge in [0.05, 0.1) is 30.4 Å². The van der Waals surface area contributed by atoms with Crippen molar-refractivity contribution in [2.75, 3.05) is 13.2 Å². The number of carbonyl (C=O) groups is 1. The first-order chi connectivity index (χ1) is 16.8. The van der Waals surface area contributed by atoms with Gasteiger partial charge in [-0.2, -0.15) is 5.10 Å². The Morgan fingerprint density at radius 2 is 1.97 bits per heavy atom. The van der Waals surface area contributed by atoms with Gasteiger partial charge >= 0.3 is 0 Å². The maximum atomic E-state index is 14.6. The molecule has 5 rings (SSSR count). The van der Waals surface area contributed by atoms with Crippen molar-refractivity contribution in [1.82, 2.24) is 19.9 Å². The van der Waals surface area contributed by atoms with E-state index in [2.05, 4.69) is 15.4 Å². The van der Waals surface area contributed by atoms with Crippen LogP contribution in [0.4, 0.5) is 13.2 Å². The van der Waals surface area contributed by atoms with Gasteiger partial charge in [0.25, 0.3) is 12.3 Å². The number of hydrogen-bond donors (Lipinski definition) is 1. The molecule has 1 aliphatic heterocycles. The van der Waals surface area contributed by atoms with Crippen LogP contribution in [0.3, 0.4) is 0 Å². The molecular formula is C25H25F3N4O3. The number of pyridine rings is 1. The topological polar surface area (TPSA) is 77.8 Å². The molecule has 1 spiro atoms. The highest BCUT2D eigenvalue weighted by atomic mass is 19.3. The van der Waals surface area contributed by atoms with Gasteiger partial charge in [-0.1, -0.05) is 24.3 Å². The SMILES string of the molecule is Cc1nc2c(C3=CCC4(CC3)OCCO4)cc(C(=O)N[C@H](C)c3cccc(C(F)F)c3F)cn2n1. The largest absolute Gasteiger partial charge is 0.347 e. The predicted octanol–water partition coefficient (Wildman–Crippen LogP) is 4.92. The zero-order valence-corrected chi connectivity index (χ0v) is 19.4. The van der Waals surface area contributed by atoms with E-state index in [0.717, 1.165) is 17.2 Å². The summed E-state index contributed by atoms with van der Waals surface area (Å²) in [5, 5.41) is 7.09. The highest BCUT2D eigenvalue weighted by Gasteiger charge is 2.38. The van der Waals surface area contributed by atoms with Gasteiger partial charge in [-0.25, -0.2) is 22.7 Å². The van der Waals surface area contributed by atoms with E-state index in [1.54, 1.807) is 30.6 Å². The summed E-state index contributed by atoms with van der Waals surface area (Å²) in [7, 11) is 0. The maximum Gasteiger partial charge on any atom is 0.266 e. The van der Waals surface area contributed by atoms with Crippen molar-refractivity contribution in [3.05, 3.63) is 70.4 Å². The third-order valence-corrected chi connectivity index (χ3v) is 6.50. The van der Waals surface area contributed by atoms with Crippen LogP contribution in [0, 0.1) is 12.7 Å². The van der Waals surface area contributed by atoms with Crippen molar-refractivity contribution in [2.45, 2.75) is 51.4 Å². The molecule has 10 heteroatoms. The van der Waals surface area contributed by atoms with E-state index in [-0.39, 0.29) is 5.56 Å². The third-order valence-electron chi connectivity index (χ3n) is 6.50. The Kier molecular flexibility index (Phi) is 6.10. The standard InChI is InChI=1S/C25H25F3N4O3/c1-14(18-4-3-5-19(21(18)26)22(27)28)29-24(33)17-12-20(23-30-15(2)31-32(23)13-17)16-6-8-25(9-7-16)34-10-11-35-25/h3-6,12-14,22H,7-11H2,1-2H3,(H,29,33)/t14-/m1/s1. The molecule has 3 aromatic rings. The zero-order chi connectivity index (χ0) is 24.7. The summed E-state index contributed by atoms with van der Waals surface area (Å²) in [5.41, 5.74) is 1.99. The summed E-state index contributed by atoms with van der Waals surface area (Å²) in [6.45, 7) is 4.47. The summed E-state index contributed by atoms with van der Waals surface area (Å²) in [6, 6.07) is 4.68. The average molecular weight is 486 g/mol. The van der Waals surface area contributed by atoms with Crippen LogP contribution in [0.15, 0.2) is 36.5 Å². The number of rotatable bonds is 5. The first-order valence-electron chi connectivity index (χ1n) is 11.5. The van der Waals surface area contributed by atoms with Gasteiger partial charge in [-0.05, 0) is 31.9 Å². The quantitative estimate of drug-likeness (QED) is 0.554. The summed E-state index contributed by atoms with van der Waals surface area (Å²) >= 11 is 0. The number of benzene rings is 1. The molecule has 0 saturated carbocycles. The van der Waals surface area contributed by atoms with E-state index >= 15 is 0 Å². The average Bonchev–Trinajstić information content (AvgIpc) is 3.44. The van der Waals surface area contributed by atoms with Crippen LogP contribution in [0.1, 0.15) is 71.5 Å². The zero-order valence-electron chi connectivity index (χ0n) is 19.4.